The summed E-state index contributed by atoms with van der Waals surface area (Å²) in [5.41, 5.74) is 1.67. The van der Waals surface area contributed by atoms with Crippen LogP contribution >= 0.6 is 0 Å². The van der Waals surface area contributed by atoms with Gasteiger partial charge in [0.15, 0.2) is 0 Å². The lowest BCUT2D eigenvalue weighted by Crippen LogP contribution is -2.25. The van der Waals surface area contributed by atoms with Gasteiger partial charge in [0.2, 0.25) is 0 Å². The summed E-state index contributed by atoms with van der Waals surface area (Å²) in [6, 6.07) is 9.78. The molecular weight excluding hydrogens is 254 g/mol. The van der Waals surface area contributed by atoms with Gasteiger partial charge in [-0.15, -0.1) is 5.10 Å². The van der Waals surface area contributed by atoms with Crippen molar-refractivity contribution in [2.45, 2.75) is 37.6 Å². The summed E-state index contributed by atoms with van der Waals surface area (Å²) in [5, 5.41) is 18.8. The van der Waals surface area contributed by atoms with E-state index < -0.39 is 6.10 Å². The van der Waals surface area contributed by atoms with E-state index in [1.165, 1.54) is 0 Å². The number of aliphatic hydroxyl groups is 1. The standard InChI is InChI=1S/C15H17N3O2/c19-15(12-8-11-6-7-14(12)20-11)13-9-16-17-18(13)10-4-2-1-3-5-10/h1-5,9,11-12,14-15,19H,6-8H2. The first-order valence-electron chi connectivity index (χ1n) is 7.12. The molecule has 3 heterocycles. The number of aromatic nitrogens is 3. The van der Waals surface area contributed by atoms with E-state index in [9.17, 15) is 5.11 Å². The maximum atomic E-state index is 10.7. The topological polar surface area (TPSA) is 60.2 Å². The fourth-order valence-electron chi connectivity index (χ4n) is 3.44. The molecule has 5 nitrogen and oxygen atoms in total. The smallest absolute Gasteiger partial charge is 0.103 e. The third kappa shape index (κ3) is 1.85. The third-order valence-corrected chi connectivity index (χ3v) is 4.44. The van der Waals surface area contributed by atoms with Gasteiger partial charge in [-0.25, -0.2) is 4.68 Å². The van der Waals surface area contributed by atoms with Gasteiger partial charge in [0.1, 0.15) is 6.10 Å². The molecule has 2 bridgehead atoms. The number of hydrogen-bond donors (Lipinski definition) is 1. The highest BCUT2D eigenvalue weighted by atomic mass is 16.5. The quantitative estimate of drug-likeness (QED) is 0.925. The molecule has 4 atom stereocenters. The predicted octanol–water partition coefficient (Wildman–Crippen LogP) is 1.87. The SMILES string of the molecule is OC(c1cnnn1-c1ccccc1)C1CC2CCC1O2. The van der Waals surface area contributed by atoms with E-state index in [2.05, 4.69) is 10.3 Å². The molecule has 4 rings (SSSR count). The second-order valence-electron chi connectivity index (χ2n) is 5.62. The molecule has 104 valence electrons. The van der Waals surface area contributed by atoms with Gasteiger partial charge in [-0.2, -0.15) is 0 Å². The van der Waals surface area contributed by atoms with Crippen LogP contribution in [0.3, 0.4) is 0 Å². The van der Waals surface area contributed by atoms with E-state index in [0.717, 1.165) is 30.6 Å². The molecular formula is C15H17N3O2. The van der Waals surface area contributed by atoms with E-state index in [0.29, 0.717) is 6.10 Å². The Hall–Kier alpha value is -1.72. The summed E-state index contributed by atoms with van der Waals surface area (Å²) in [4.78, 5) is 0. The van der Waals surface area contributed by atoms with E-state index >= 15 is 0 Å². The molecule has 2 aliphatic rings. The van der Waals surface area contributed by atoms with Crippen LogP contribution in [0.4, 0.5) is 0 Å². The van der Waals surface area contributed by atoms with Crippen molar-refractivity contribution in [1.29, 1.82) is 0 Å². The van der Waals surface area contributed by atoms with Crippen molar-refractivity contribution in [3.63, 3.8) is 0 Å². The van der Waals surface area contributed by atoms with Crippen LogP contribution in [0.5, 0.6) is 0 Å². The first-order valence-corrected chi connectivity index (χ1v) is 7.12. The number of para-hydroxylation sites is 1. The van der Waals surface area contributed by atoms with Crippen LogP contribution in [-0.4, -0.2) is 32.3 Å². The van der Waals surface area contributed by atoms with Gasteiger partial charge < -0.3 is 9.84 Å². The summed E-state index contributed by atoms with van der Waals surface area (Å²) >= 11 is 0. The number of hydrogen-bond acceptors (Lipinski definition) is 4. The number of aliphatic hydroxyl groups excluding tert-OH is 1. The van der Waals surface area contributed by atoms with Crippen LogP contribution in [-0.2, 0) is 4.74 Å². The minimum atomic E-state index is -0.569. The zero-order valence-corrected chi connectivity index (χ0v) is 11.1. The Morgan fingerprint density at radius 3 is 2.80 bits per heavy atom. The molecule has 0 saturated carbocycles. The molecule has 5 heteroatoms. The fourth-order valence-corrected chi connectivity index (χ4v) is 3.44. The summed E-state index contributed by atoms with van der Waals surface area (Å²) in [6.07, 6.45) is 4.73. The van der Waals surface area contributed by atoms with E-state index in [4.69, 9.17) is 4.74 Å². The van der Waals surface area contributed by atoms with Crippen LogP contribution < -0.4 is 0 Å². The molecule has 1 N–H and O–H groups in total. The second kappa shape index (κ2) is 4.68. The largest absolute Gasteiger partial charge is 0.386 e. The van der Waals surface area contributed by atoms with Crippen molar-refractivity contribution in [1.82, 2.24) is 15.0 Å². The van der Waals surface area contributed by atoms with E-state index in [-0.39, 0.29) is 12.0 Å². The zero-order valence-electron chi connectivity index (χ0n) is 11.1. The van der Waals surface area contributed by atoms with E-state index in [1.54, 1.807) is 10.9 Å². The number of nitrogens with zero attached hydrogens (tertiary/aromatic N) is 3. The fraction of sp³-hybridized carbons (Fsp3) is 0.467. The molecule has 0 spiro atoms. The monoisotopic (exact) mass is 271 g/mol. The number of benzene rings is 1. The molecule has 2 fully saturated rings. The van der Waals surface area contributed by atoms with Gasteiger partial charge in [0.25, 0.3) is 0 Å². The molecule has 1 aromatic carbocycles. The summed E-state index contributed by atoms with van der Waals surface area (Å²) in [5.74, 6) is 0.162. The first-order chi connectivity index (χ1) is 9.83. The molecule has 1 aromatic heterocycles. The molecule has 0 radical (unpaired) electrons. The van der Waals surface area contributed by atoms with Crippen molar-refractivity contribution < 1.29 is 9.84 Å². The van der Waals surface area contributed by atoms with Crippen molar-refractivity contribution >= 4 is 0 Å². The Bertz CT molecular complexity index is 598. The summed E-state index contributed by atoms with van der Waals surface area (Å²) < 4.78 is 7.56. The zero-order chi connectivity index (χ0) is 13.5. The highest BCUT2D eigenvalue weighted by molar-refractivity contribution is 5.32. The molecule has 0 amide bonds. The van der Waals surface area contributed by atoms with Crippen LogP contribution in [0.25, 0.3) is 5.69 Å². The van der Waals surface area contributed by atoms with Crippen molar-refractivity contribution in [3.8, 4) is 5.69 Å². The Labute approximate surface area is 117 Å². The predicted molar refractivity (Wildman–Crippen MR) is 72.3 cm³/mol. The number of rotatable bonds is 3. The minimum absolute atomic E-state index is 0.162. The first kappa shape index (κ1) is 12.1. The lowest BCUT2D eigenvalue weighted by molar-refractivity contribution is 0.0391. The normalized spacial score (nSPS) is 29.8. The van der Waals surface area contributed by atoms with Crippen molar-refractivity contribution in [2.75, 3.05) is 0 Å². The van der Waals surface area contributed by atoms with Gasteiger partial charge in [-0.3, -0.25) is 0 Å². The maximum Gasteiger partial charge on any atom is 0.103 e. The Balaban J connectivity index is 1.65. The molecule has 0 aliphatic carbocycles. The van der Waals surface area contributed by atoms with Crippen LogP contribution in [0.2, 0.25) is 0 Å². The van der Waals surface area contributed by atoms with Crippen LogP contribution in [0.1, 0.15) is 31.1 Å². The Morgan fingerprint density at radius 1 is 1.25 bits per heavy atom. The van der Waals surface area contributed by atoms with Gasteiger partial charge >= 0.3 is 0 Å². The van der Waals surface area contributed by atoms with Crippen LogP contribution in [0.15, 0.2) is 36.5 Å². The highest BCUT2D eigenvalue weighted by Crippen LogP contribution is 2.44. The molecule has 2 aliphatic heterocycles. The average Bonchev–Trinajstić information content (AvgIpc) is 3.23. The van der Waals surface area contributed by atoms with Gasteiger partial charge in [0.05, 0.1) is 29.8 Å². The Morgan fingerprint density at radius 2 is 2.10 bits per heavy atom. The number of fused-ring (bicyclic) bond motifs is 2. The van der Waals surface area contributed by atoms with E-state index in [1.807, 2.05) is 30.3 Å². The highest BCUT2D eigenvalue weighted by Gasteiger charge is 2.45. The summed E-state index contributed by atoms with van der Waals surface area (Å²) in [6.45, 7) is 0. The lowest BCUT2D eigenvalue weighted by Gasteiger charge is -2.24. The van der Waals surface area contributed by atoms with Crippen molar-refractivity contribution in [3.05, 3.63) is 42.2 Å². The van der Waals surface area contributed by atoms with Gasteiger partial charge in [-0.05, 0) is 31.4 Å². The molecule has 4 unspecified atom stereocenters. The molecule has 2 aromatic rings. The molecule has 20 heavy (non-hydrogen) atoms. The Kier molecular flexibility index (Phi) is 2.82. The lowest BCUT2D eigenvalue weighted by atomic mass is 9.84. The van der Waals surface area contributed by atoms with Crippen LogP contribution in [0, 0.1) is 5.92 Å². The summed E-state index contributed by atoms with van der Waals surface area (Å²) in [7, 11) is 0. The molecule has 2 saturated heterocycles. The van der Waals surface area contributed by atoms with Gasteiger partial charge in [0, 0.05) is 5.92 Å². The second-order valence-corrected chi connectivity index (χ2v) is 5.62. The third-order valence-electron chi connectivity index (χ3n) is 4.44. The van der Waals surface area contributed by atoms with Gasteiger partial charge in [-0.1, -0.05) is 23.4 Å². The number of ether oxygens (including phenoxy) is 1. The minimum Gasteiger partial charge on any atom is -0.386 e. The van der Waals surface area contributed by atoms with Crippen molar-refractivity contribution in [2.24, 2.45) is 5.92 Å². The maximum absolute atomic E-state index is 10.7. The average molecular weight is 271 g/mol.